The molecule has 0 saturated carbocycles. The fraction of sp³-hybridized carbons (Fsp3) is 0.250. The van der Waals surface area contributed by atoms with Crippen LogP contribution >= 0.6 is 0 Å². The Balaban J connectivity index is 0.000000541. The molecule has 0 bridgehead atoms. The van der Waals surface area contributed by atoms with E-state index >= 15 is 0 Å². The minimum absolute atomic E-state index is 0.250. The molecule has 11 nitrogen and oxygen atoms in total. The number of carboxylic acid groups (broad SMARTS) is 1. The molecule has 44 heavy (non-hydrogen) atoms. The second kappa shape index (κ2) is 19.9. The number of carbonyl (C=O) groups is 3. The van der Waals surface area contributed by atoms with Gasteiger partial charge in [0.1, 0.15) is 17.3 Å². The average molecular weight is 609 g/mol. The number of halogens is 1. The second-order valence-electron chi connectivity index (χ2n) is 10.1. The molecule has 0 spiro atoms. The summed E-state index contributed by atoms with van der Waals surface area (Å²) >= 11 is 0. The molecule has 2 heterocycles. The van der Waals surface area contributed by atoms with E-state index < -0.39 is 0 Å². The predicted octanol–water partition coefficient (Wildman–Crippen LogP) is 5.27. The highest BCUT2D eigenvalue weighted by molar-refractivity contribution is 5.77. The van der Waals surface area contributed by atoms with Crippen LogP contribution in [0.4, 0.5) is 15.8 Å². The molecule has 0 fully saturated rings. The molecule has 0 aliphatic rings. The molecule has 1 amide bonds. The molecule has 2 aromatic heterocycles. The Kier molecular flexibility index (Phi) is 16.8. The van der Waals surface area contributed by atoms with Gasteiger partial charge in [-0.25, -0.2) is 4.39 Å². The number of aldehydes is 1. The van der Waals surface area contributed by atoms with Crippen molar-refractivity contribution in [3.63, 3.8) is 0 Å². The third kappa shape index (κ3) is 14.7. The maximum absolute atomic E-state index is 13.9. The summed E-state index contributed by atoms with van der Waals surface area (Å²) in [5, 5.41) is 16.4. The molecule has 0 saturated heterocycles. The van der Waals surface area contributed by atoms with Crippen LogP contribution < -0.4 is 26.4 Å². The van der Waals surface area contributed by atoms with E-state index in [2.05, 4.69) is 52.4 Å². The van der Waals surface area contributed by atoms with Crippen LogP contribution in [0.25, 0.3) is 11.4 Å². The number of primary amides is 1. The standard InChI is InChI=1S/C23H18FN3O2.C7H18N2.CH3NO.CH2O2/c1-15-2-7-20(24)21(10-15)27-17-3-5-18(6-4-17)29-19-8-9-25-23(12-19)22-11-16(14-28)13-26-22;1-7(2,3)9-6-5-8-4;2*2-1-3/h2-14,26-27H,1H3;8-9H,5-6H2,1-4H3;1H,(H2,2,3);1H,(H,2,3). The van der Waals surface area contributed by atoms with E-state index in [-0.39, 0.29) is 24.2 Å². The molecule has 236 valence electrons. The second-order valence-corrected chi connectivity index (χ2v) is 10.1. The lowest BCUT2D eigenvalue weighted by Gasteiger charge is -2.19. The first-order valence-corrected chi connectivity index (χ1v) is 13.5. The number of hydrogen-bond donors (Lipinski definition) is 6. The number of hydrogen-bond acceptors (Lipinski definition) is 8. The van der Waals surface area contributed by atoms with Gasteiger partial charge in [0.2, 0.25) is 6.41 Å². The zero-order valence-electron chi connectivity index (χ0n) is 25.6. The van der Waals surface area contributed by atoms with Crippen molar-refractivity contribution in [3.8, 4) is 22.9 Å². The number of anilines is 2. The first kappa shape index (κ1) is 37.0. The number of rotatable bonds is 9. The van der Waals surface area contributed by atoms with E-state index in [1.54, 1.807) is 54.9 Å². The minimum atomic E-state index is -0.303. The Bertz CT molecular complexity index is 1420. The zero-order valence-corrected chi connectivity index (χ0v) is 25.6. The molecule has 0 unspecified atom stereocenters. The monoisotopic (exact) mass is 608 g/mol. The van der Waals surface area contributed by atoms with Crippen molar-refractivity contribution >= 4 is 30.5 Å². The number of nitrogens with zero attached hydrogens (tertiary/aromatic N) is 1. The fourth-order valence-corrected chi connectivity index (χ4v) is 3.44. The van der Waals surface area contributed by atoms with Crippen LogP contribution in [-0.2, 0) is 9.59 Å². The molecule has 7 N–H and O–H groups in total. The number of pyridine rings is 1. The molecule has 0 aliphatic heterocycles. The number of nitrogens with two attached hydrogens (primary N) is 1. The maximum Gasteiger partial charge on any atom is 0.290 e. The smallest absolute Gasteiger partial charge is 0.290 e. The number of H-pyrrole nitrogens is 1. The predicted molar refractivity (Wildman–Crippen MR) is 171 cm³/mol. The van der Waals surface area contributed by atoms with Crippen molar-refractivity contribution < 1.29 is 28.6 Å². The highest BCUT2D eigenvalue weighted by atomic mass is 19.1. The van der Waals surface area contributed by atoms with E-state index in [0.29, 0.717) is 28.4 Å². The average Bonchev–Trinajstić information content (AvgIpc) is 3.47. The van der Waals surface area contributed by atoms with Crippen LogP contribution in [0, 0.1) is 12.7 Å². The normalized spacial score (nSPS) is 9.95. The summed E-state index contributed by atoms with van der Waals surface area (Å²) < 4.78 is 19.8. The van der Waals surface area contributed by atoms with Gasteiger partial charge in [0.25, 0.3) is 6.47 Å². The van der Waals surface area contributed by atoms with E-state index in [0.717, 1.165) is 36.3 Å². The highest BCUT2D eigenvalue weighted by Gasteiger charge is 2.07. The van der Waals surface area contributed by atoms with Crippen LogP contribution in [0.3, 0.4) is 0 Å². The fourth-order valence-electron chi connectivity index (χ4n) is 3.44. The van der Waals surface area contributed by atoms with Crippen LogP contribution in [0.2, 0.25) is 0 Å². The minimum Gasteiger partial charge on any atom is -0.483 e. The van der Waals surface area contributed by atoms with E-state index in [4.69, 9.17) is 19.4 Å². The van der Waals surface area contributed by atoms with Crippen molar-refractivity contribution in [1.29, 1.82) is 0 Å². The summed E-state index contributed by atoms with van der Waals surface area (Å²) in [4.78, 5) is 35.1. The first-order chi connectivity index (χ1) is 21.0. The van der Waals surface area contributed by atoms with Crippen LogP contribution in [0.5, 0.6) is 11.5 Å². The molecule has 4 aromatic rings. The molecule has 4 rings (SSSR count). The van der Waals surface area contributed by atoms with Crippen molar-refractivity contribution in [2.24, 2.45) is 5.73 Å². The van der Waals surface area contributed by atoms with Crippen LogP contribution in [0.15, 0.2) is 73.1 Å². The van der Waals surface area contributed by atoms with Crippen molar-refractivity contribution in [1.82, 2.24) is 20.6 Å². The molecule has 2 aromatic carbocycles. The number of aromatic nitrogens is 2. The summed E-state index contributed by atoms with van der Waals surface area (Å²) in [7, 11) is 1.96. The number of aromatic amines is 1. The number of ether oxygens (including phenoxy) is 1. The molecule has 0 aliphatic carbocycles. The molecule has 12 heteroatoms. The third-order valence-corrected chi connectivity index (χ3v) is 5.37. The van der Waals surface area contributed by atoms with E-state index in [1.165, 1.54) is 6.07 Å². The van der Waals surface area contributed by atoms with Crippen LogP contribution in [0.1, 0.15) is 36.7 Å². The lowest BCUT2D eigenvalue weighted by Crippen LogP contribution is -2.39. The van der Waals surface area contributed by atoms with Gasteiger partial charge in [0.05, 0.1) is 17.1 Å². The maximum atomic E-state index is 13.9. The van der Waals surface area contributed by atoms with Gasteiger partial charge < -0.3 is 36.5 Å². The molecular weight excluding hydrogens is 567 g/mol. The molecular formula is C32H41FN6O5. The largest absolute Gasteiger partial charge is 0.483 e. The zero-order chi connectivity index (χ0) is 33.0. The van der Waals surface area contributed by atoms with Gasteiger partial charge in [0, 0.05) is 48.3 Å². The topological polar surface area (TPSA) is 171 Å². The van der Waals surface area contributed by atoms with Crippen molar-refractivity contribution in [3.05, 3.63) is 90.0 Å². The van der Waals surface area contributed by atoms with Crippen molar-refractivity contribution in [2.75, 3.05) is 25.5 Å². The lowest BCUT2D eigenvalue weighted by atomic mass is 10.1. The van der Waals surface area contributed by atoms with Gasteiger partial charge in [-0.2, -0.15) is 0 Å². The summed E-state index contributed by atoms with van der Waals surface area (Å²) in [5.74, 6) is 0.947. The first-order valence-electron chi connectivity index (χ1n) is 13.5. The number of likely N-dealkylation sites (N-methyl/N-ethyl adjacent to an activating group) is 1. The van der Waals surface area contributed by atoms with Gasteiger partial charge in [-0.15, -0.1) is 0 Å². The highest BCUT2D eigenvalue weighted by Crippen LogP contribution is 2.28. The van der Waals surface area contributed by atoms with Gasteiger partial charge >= 0.3 is 0 Å². The summed E-state index contributed by atoms with van der Waals surface area (Å²) in [5.41, 5.74) is 8.55. The Labute approximate surface area is 257 Å². The number of aryl methyl sites for hydroxylation is 1. The Morgan fingerprint density at radius 2 is 1.66 bits per heavy atom. The summed E-state index contributed by atoms with van der Waals surface area (Å²) in [6.45, 7) is 10.3. The third-order valence-electron chi connectivity index (χ3n) is 5.37. The van der Waals surface area contributed by atoms with Gasteiger partial charge in [0.15, 0.2) is 6.29 Å². The van der Waals surface area contributed by atoms with Gasteiger partial charge in [-0.05, 0) is 88.8 Å². The number of benzene rings is 2. The number of nitrogens with one attached hydrogen (secondary N) is 4. The SMILES string of the molecule is CNCCNC(C)(C)C.Cc1ccc(F)c(Nc2ccc(Oc3ccnc(-c4cc(C=O)c[nH]4)c3)cc2)c1.NC=O.O=CO. The summed E-state index contributed by atoms with van der Waals surface area (Å²) in [6.07, 6.45) is 4.29. The summed E-state index contributed by atoms with van der Waals surface area (Å²) in [6, 6.07) is 17.4. The van der Waals surface area contributed by atoms with Crippen LogP contribution in [-0.4, -0.2) is 59.9 Å². The molecule has 0 atom stereocenters. The van der Waals surface area contributed by atoms with Gasteiger partial charge in [-0.1, -0.05) is 6.07 Å². The quantitative estimate of drug-likeness (QED) is 0.109. The lowest BCUT2D eigenvalue weighted by molar-refractivity contribution is -0.122. The molecule has 0 radical (unpaired) electrons. The van der Waals surface area contributed by atoms with Crippen molar-refractivity contribution in [2.45, 2.75) is 33.2 Å². The number of carbonyl (C=O) groups excluding carboxylic acids is 2. The number of amides is 1. The van der Waals surface area contributed by atoms with Gasteiger partial charge in [-0.3, -0.25) is 19.4 Å². The Hall–Kier alpha value is -5.07. The van der Waals surface area contributed by atoms with E-state index in [9.17, 15) is 9.18 Å². The Morgan fingerprint density at radius 1 is 1.00 bits per heavy atom. The van der Waals surface area contributed by atoms with E-state index in [1.807, 2.05) is 26.1 Å². The Morgan fingerprint density at radius 3 is 2.23 bits per heavy atom.